The van der Waals surface area contributed by atoms with E-state index in [4.69, 9.17) is 4.74 Å². The molecule has 0 radical (unpaired) electrons. The minimum absolute atomic E-state index is 0.213. The first kappa shape index (κ1) is 17.4. The molecule has 1 saturated heterocycles. The van der Waals surface area contributed by atoms with E-state index >= 15 is 0 Å². The number of rotatable bonds is 6. The third kappa shape index (κ3) is 4.54. The molecule has 1 unspecified atom stereocenters. The summed E-state index contributed by atoms with van der Waals surface area (Å²) in [5.41, 5.74) is 2.25. The maximum atomic E-state index is 12.5. The fourth-order valence-electron chi connectivity index (χ4n) is 2.90. The van der Waals surface area contributed by atoms with E-state index in [1.807, 2.05) is 24.3 Å². The second-order valence-corrected chi connectivity index (χ2v) is 6.50. The van der Waals surface area contributed by atoms with Crippen LogP contribution in [-0.4, -0.2) is 35.1 Å². The number of ether oxygens (including phenoxy) is 1. The van der Waals surface area contributed by atoms with Crippen LogP contribution in [0, 0.1) is 0 Å². The molecule has 0 aliphatic carbocycles. The van der Waals surface area contributed by atoms with E-state index in [-0.39, 0.29) is 12.0 Å². The predicted molar refractivity (Wildman–Crippen MR) is 98.0 cm³/mol. The lowest BCUT2D eigenvalue weighted by Gasteiger charge is -2.14. The molecule has 1 fully saturated rings. The summed E-state index contributed by atoms with van der Waals surface area (Å²) in [4.78, 5) is 20.8. The van der Waals surface area contributed by atoms with Crippen LogP contribution in [0.3, 0.4) is 0 Å². The Morgan fingerprint density at radius 3 is 2.92 bits per heavy atom. The number of para-hydroxylation sites is 1. The van der Waals surface area contributed by atoms with Crippen LogP contribution in [0.2, 0.25) is 0 Å². The maximum absolute atomic E-state index is 12.5. The standard InChI is InChI=1S/C19H24N4O2/c1-13(2)15-7-3-4-8-16(15)23-19(24)17-10-18(22-12-21-17)20-11-14-6-5-9-25-14/h3-4,7-8,10,12-14H,5-6,9,11H2,1-2H3,(H,23,24)(H,20,21,22). The topological polar surface area (TPSA) is 76.1 Å². The van der Waals surface area contributed by atoms with Crippen molar-refractivity contribution < 1.29 is 9.53 Å². The van der Waals surface area contributed by atoms with Gasteiger partial charge >= 0.3 is 0 Å². The van der Waals surface area contributed by atoms with Crippen LogP contribution in [0.1, 0.15) is 48.7 Å². The Labute approximate surface area is 148 Å². The van der Waals surface area contributed by atoms with Gasteiger partial charge in [-0.1, -0.05) is 32.0 Å². The van der Waals surface area contributed by atoms with Crippen LogP contribution in [0.5, 0.6) is 0 Å². The van der Waals surface area contributed by atoms with E-state index in [9.17, 15) is 4.79 Å². The quantitative estimate of drug-likeness (QED) is 0.842. The van der Waals surface area contributed by atoms with Gasteiger partial charge in [-0.2, -0.15) is 0 Å². The second-order valence-electron chi connectivity index (χ2n) is 6.50. The first-order valence-electron chi connectivity index (χ1n) is 8.71. The summed E-state index contributed by atoms with van der Waals surface area (Å²) in [6, 6.07) is 9.49. The average Bonchev–Trinajstić information content (AvgIpc) is 3.14. The van der Waals surface area contributed by atoms with Crippen LogP contribution < -0.4 is 10.6 Å². The number of carbonyl (C=O) groups is 1. The summed E-state index contributed by atoms with van der Waals surface area (Å²) >= 11 is 0. The maximum Gasteiger partial charge on any atom is 0.274 e. The van der Waals surface area contributed by atoms with Gasteiger partial charge in [0.2, 0.25) is 0 Å². The molecule has 2 N–H and O–H groups in total. The van der Waals surface area contributed by atoms with Gasteiger partial charge in [-0.05, 0) is 30.4 Å². The van der Waals surface area contributed by atoms with Crippen LogP contribution in [0.4, 0.5) is 11.5 Å². The van der Waals surface area contributed by atoms with Crippen LogP contribution in [0.25, 0.3) is 0 Å². The largest absolute Gasteiger partial charge is 0.376 e. The predicted octanol–water partition coefficient (Wildman–Crippen LogP) is 3.44. The number of nitrogens with zero attached hydrogens (tertiary/aromatic N) is 2. The van der Waals surface area contributed by atoms with Crippen molar-refractivity contribution in [2.75, 3.05) is 23.8 Å². The van der Waals surface area contributed by atoms with Gasteiger partial charge in [0.15, 0.2) is 0 Å². The molecule has 1 aliphatic heterocycles. The number of hydrogen-bond acceptors (Lipinski definition) is 5. The normalized spacial score (nSPS) is 16.8. The lowest BCUT2D eigenvalue weighted by atomic mass is 10.0. The SMILES string of the molecule is CC(C)c1ccccc1NC(=O)c1cc(NCC2CCCO2)ncn1. The lowest BCUT2D eigenvalue weighted by Crippen LogP contribution is -2.20. The van der Waals surface area contributed by atoms with Crippen LogP contribution >= 0.6 is 0 Å². The zero-order chi connectivity index (χ0) is 17.6. The molecule has 2 heterocycles. The minimum atomic E-state index is -0.240. The van der Waals surface area contributed by atoms with Gasteiger partial charge in [-0.25, -0.2) is 9.97 Å². The average molecular weight is 340 g/mol. The fourth-order valence-corrected chi connectivity index (χ4v) is 2.90. The van der Waals surface area contributed by atoms with E-state index < -0.39 is 0 Å². The summed E-state index contributed by atoms with van der Waals surface area (Å²) < 4.78 is 5.58. The summed E-state index contributed by atoms with van der Waals surface area (Å²) in [5, 5.41) is 6.17. The van der Waals surface area contributed by atoms with E-state index in [0.717, 1.165) is 30.7 Å². The van der Waals surface area contributed by atoms with Crippen molar-refractivity contribution in [1.82, 2.24) is 9.97 Å². The Morgan fingerprint density at radius 1 is 1.32 bits per heavy atom. The number of nitrogens with one attached hydrogen (secondary N) is 2. The number of anilines is 2. The van der Waals surface area contributed by atoms with Gasteiger partial charge in [0.1, 0.15) is 17.8 Å². The molecule has 6 heteroatoms. The third-order valence-electron chi connectivity index (χ3n) is 4.27. The Hall–Kier alpha value is -2.47. The number of carbonyl (C=O) groups excluding carboxylic acids is 1. The number of aromatic nitrogens is 2. The molecule has 1 aromatic heterocycles. The van der Waals surface area contributed by atoms with Crippen molar-refractivity contribution in [1.29, 1.82) is 0 Å². The molecule has 132 valence electrons. The summed E-state index contributed by atoms with van der Waals surface area (Å²) in [6.07, 6.45) is 3.77. The first-order valence-corrected chi connectivity index (χ1v) is 8.71. The number of benzene rings is 1. The highest BCUT2D eigenvalue weighted by molar-refractivity contribution is 6.03. The second kappa shape index (κ2) is 8.07. The van der Waals surface area contributed by atoms with Crippen molar-refractivity contribution >= 4 is 17.4 Å². The van der Waals surface area contributed by atoms with Gasteiger partial charge in [0.05, 0.1) is 6.10 Å². The molecule has 1 atom stereocenters. The monoisotopic (exact) mass is 340 g/mol. The van der Waals surface area contributed by atoms with E-state index in [0.29, 0.717) is 24.0 Å². The molecule has 0 spiro atoms. The zero-order valence-corrected chi connectivity index (χ0v) is 14.7. The number of hydrogen-bond donors (Lipinski definition) is 2. The van der Waals surface area contributed by atoms with Crippen molar-refractivity contribution in [3.63, 3.8) is 0 Å². The van der Waals surface area contributed by atoms with Gasteiger partial charge in [-0.3, -0.25) is 4.79 Å². The Kier molecular flexibility index (Phi) is 5.60. The number of amides is 1. The first-order chi connectivity index (χ1) is 12.1. The highest BCUT2D eigenvalue weighted by Gasteiger charge is 2.16. The third-order valence-corrected chi connectivity index (χ3v) is 4.27. The molecule has 1 aromatic carbocycles. The fraction of sp³-hybridized carbons (Fsp3) is 0.421. The van der Waals surface area contributed by atoms with Crippen molar-refractivity contribution in [2.45, 2.75) is 38.7 Å². The molecule has 0 saturated carbocycles. The Morgan fingerprint density at radius 2 is 2.16 bits per heavy atom. The van der Waals surface area contributed by atoms with Crippen LogP contribution in [0.15, 0.2) is 36.7 Å². The molecular formula is C19H24N4O2. The van der Waals surface area contributed by atoms with E-state index in [1.54, 1.807) is 6.07 Å². The van der Waals surface area contributed by atoms with Gasteiger partial charge in [-0.15, -0.1) is 0 Å². The highest BCUT2D eigenvalue weighted by atomic mass is 16.5. The zero-order valence-electron chi connectivity index (χ0n) is 14.7. The lowest BCUT2D eigenvalue weighted by molar-refractivity contribution is 0.102. The van der Waals surface area contributed by atoms with E-state index in [1.165, 1.54) is 6.33 Å². The summed E-state index contributed by atoms with van der Waals surface area (Å²) in [6.45, 7) is 5.71. The van der Waals surface area contributed by atoms with Crippen LogP contribution in [-0.2, 0) is 4.74 Å². The molecule has 1 amide bonds. The van der Waals surface area contributed by atoms with Crippen molar-refractivity contribution in [3.05, 3.63) is 47.9 Å². The molecule has 1 aliphatic rings. The van der Waals surface area contributed by atoms with Gasteiger partial charge < -0.3 is 15.4 Å². The van der Waals surface area contributed by atoms with Crippen molar-refractivity contribution in [3.8, 4) is 0 Å². The summed E-state index contributed by atoms with van der Waals surface area (Å²) in [7, 11) is 0. The molecule has 2 aromatic rings. The molecule has 6 nitrogen and oxygen atoms in total. The molecule has 25 heavy (non-hydrogen) atoms. The summed E-state index contributed by atoms with van der Waals surface area (Å²) in [5.74, 6) is 0.717. The Bertz CT molecular complexity index is 727. The highest BCUT2D eigenvalue weighted by Crippen LogP contribution is 2.24. The Balaban J connectivity index is 1.67. The smallest absolute Gasteiger partial charge is 0.274 e. The molecule has 0 bridgehead atoms. The van der Waals surface area contributed by atoms with Gasteiger partial charge in [0, 0.05) is 24.9 Å². The molecular weight excluding hydrogens is 316 g/mol. The minimum Gasteiger partial charge on any atom is -0.376 e. The van der Waals surface area contributed by atoms with Gasteiger partial charge in [0.25, 0.3) is 5.91 Å². The van der Waals surface area contributed by atoms with Crippen molar-refractivity contribution in [2.24, 2.45) is 0 Å². The molecule has 3 rings (SSSR count). The van der Waals surface area contributed by atoms with E-state index in [2.05, 4.69) is 34.4 Å².